The number of hydrogen-bond acceptors (Lipinski definition) is 6. The maximum atomic E-state index is 14.0. The van der Waals surface area contributed by atoms with E-state index in [-0.39, 0.29) is 11.4 Å². The summed E-state index contributed by atoms with van der Waals surface area (Å²) in [7, 11) is -4.57. The minimum absolute atomic E-state index is 0.00472. The third-order valence-corrected chi connectivity index (χ3v) is 4.24. The molecule has 0 saturated carbocycles. The molecule has 3 aromatic rings. The van der Waals surface area contributed by atoms with E-state index in [1.54, 1.807) is 35.9 Å². The Kier molecular flexibility index (Phi) is 3.89. The summed E-state index contributed by atoms with van der Waals surface area (Å²) in [5.74, 6) is -1.13. The zero-order valence-corrected chi connectivity index (χ0v) is 13.1. The van der Waals surface area contributed by atoms with E-state index in [0.717, 1.165) is 4.52 Å². The summed E-state index contributed by atoms with van der Waals surface area (Å²) in [4.78, 5) is 15.2. The molecular formula is C14H11FN4O4S. The quantitative estimate of drug-likeness (QED) is 0.770. The van der Waals surface area contributed by atoms with E-state index >= 15 is 0 Å². The smallest absolute Gasteiger partial charge is 0.410 e. The second-order valence-electron chi connectivity index (χ2n) is 4.76. The van der Waals surface area contributed by atoms with Gasteiger partial charge in [-0.2, -0.15) is 27.4 Å². The summed E-state index contributed by atoms with van der Waals surface area (Å²) in [5.41, 5.74) is 0.443. The number of hydrogen-bond donors (Lipinski definition) is 1. The topological polar surface area (TPSA) is 103 Å². The fourth-order valence-corrected chi connectivity index (χ4v) is 2.96. The first-order valence-corrected chi connectivity index (χ1v) is 8.17. The maximum absolute atomic E-state index is 14.0. The van der Waals surface area contributed by atoms with Crippen LogP contribution in [-0.4, -0.2) is 29.1 Å². The van der Waals surface area contributed by atoms with Crippen molar-refractivity contribution in [3.8, 4) is 5.75 Å². The highest BCUT2D eigenvalue weighted by atomic mass is 32.2. The normalized spacial score (nSPS) is 11.4. The van der Waals surface area contributed by atoms with Crippen LogP contribution in [0.2, 0.25) is 0 Å². The maximum Gasteiger partial charge on any atom is 0.426 e. The first-order chi connectivity index (χ1) is 11.4. The van der Waals surface area contributed by atoms with Gasteiger partial charge in [0.1, 0.15) is 5.75 Å². The zero-order valence-electron chi connectivity index (χ0n) is 12.3. The Balaban J connectivity index is 1.92. The Bertz CT molecular complexity index is 1020. The molecule has 10 heteroatoms. The molecule has 2 aromatic heterocycles. The van der Waals surface area contributed by atoms with Crippen molar-refractivity contribution in [2.24, 2.45) is 0 Å². The molecular weight excluding hydrogens is 339 g/mol. The van der Waals surface area contributed by atoms with Crippen molar-refractivity contribution in [2.45, 2.75) is 11.9 Å². The highest BCUT2D eigenvalue weighted by Gasteiger charge is 2.29. The van der Waals surface area contributed by atoms with Crippen LogP contribution in [0.3, 0.4) is 0 Å². The van der Waals surface area contributed by atoms with Crippen LogP contribution in [0.15, 0.2) is 47.5 Å². The largest absolute Gasteiger partial charge is 0.426 e. The number of amides is 1. The lowest BCUT2D eigenvalue weighted by Gasteiger charge is -2.07. The second kappa shape index (κ2) is 5.89. The zero-order chi connectivity index (χ0) is 17.3. The Labute approximate surface area is 135 Å². The van der Waals surface area contributed by atoms with E-state index in [0.29, 0.717) is 5.69 Å². The molecule has 0 aliphatic rings. The van der Waals surface area contributed by atoms with Crippen LogP contribution in [-0.2, 0) is 10.0 Å². The van der Waals surface area contributed by atoms with Gasteiger partial charge in [-0.15, -0.1) is 0 Å². The molecule has 1 aromatic carbocycles. The van der Waals surface area contributed by atoms with Crippen LogP contribution in [0.4, 0.5) is 9.18 Å². The van der Waals surface area contributed by atoms with Crippen LogP contribution in [0, 0.1) is 12.9 Å². The molecule has 0 atom stereocenters. The van der Waals surface area contributed by atoms with Gasteiger partial charge in [0.25, 0.3) is 16.0 Å². The number of fused-ring (bicyclic) bond motifs is 1. The van der Waals surface area contributed by atoms with E-state index in [1.165, 1.54) is 18.2 Å². The molecule has 1 N–H and O–H groups in total. The molecule has 3 rings (SSSR count). The standard InChI is InChI=1S/C14H11FN4O4S/c1-9-7-8-11-16-12(15)13(19(11)17-9)24(21,22)18-14(20)23-10-5-3-2-4-6-10/h2-8H,1H3,(H,18,20). The lowest BCUT2D eigenvalue weighted by Crippen LogP contribution is -2.34. The highest BCUT2D eigenvalue weighted by Crippen LogP contribution is 2.16. The summed E-state index contributed by atoms with van der Waals surface area (Å²) in [6.07, 6.45) is -1.27. The van der Waals surface area contributed by atoms with E-state index in [4.69, 9.17) is 4.74 Å². The molecule has 0 unspecified atom stereocenters. The predicted octanol–water partition coefficient (Wildman–Crippen LogP) is 1.65. The van der Waals surface area contributed by atoms with E-state index < -0.39 is 27.1 Å². The number of halogens is 1. The molecule has 124 valence electrons. The average molecular weight is 350 g/mol. The second-order valence-corrected chi connectivity index (χ2v) is 6.36. The molecule has 2 heterocycles. The average Bonchev–Trinajstić information content (AvgIpc) is 2.83. The number of carbonyl (C=O) groups is 1. The van der Waals surface area contributed by atoms with Gasteiger partial charge in [-0.3, -0.25) is 0 Å². The van der Waals surface area contributed by atoms with Gasteiger partial charge in [0, 0.05) is 0 Å². The van der Waals surface area contributed by atoms with Crippen LogP contribution in [0.5, 0.6) is 5.75 Å². The summed E-state index contributed by atoms with van der Waals surface area (Å²) in [6, 6.07) is 10.8. The van der Waals surface area contributed by atoms with Crippen molar-refractivity contribution < 1.29 is 22.3 Å². The van der Waals surface area contributed by atoms with Crippen molar-refractivity contribution in [2.75, 3.05) is 0 Å². The van der Waals surface area contributed by atoms with E-state index in [2.05, 4.69) is 10.1 Å². The van der Waals surface area contributed by atoms with Gasteiger partial charge >= 0.3 is 6.09 Å². The molecule has 8 nitrogen and oxygen atoms in total. The van der Waals surface area contributed by atoms with Gasteiger partial charge in [-0.05, 0) is 31.2 Å². The van der Waals surface area contributed by atoms with Gasteiger partial charge < -0.3 is 4.74 Å². The highest BCUT2D eigenvalue weighted by molar-refractivity contribution is 7.90. The molecule has 0 spiro atoms. The van der Waals surface area contributed by atoms with Gasteiger partial charge in [0.2, 0.25) is 5.03 Å². The van der Waals surface area contributed by atoms with Crippen molar-refractivity contribution >= 4 is 21.8 Å². The van der Waals surface area contributed by atoms with Gasteiger partial charge in [0.15, 0.2) is 5.65 Å². The first kappa shape index (κ1) is 15.9. The number of carbonyl (C=O) groups excluding carboxylic acids is 1. The van der Waals surface area contributed by atoms with Crippen LogP contribution in [0.25, 0.3) is 5.65 Å². The molecule has 1 amide bonds. The predicted molar refractivity (Wildman–Crippen MR) is 80.5 cm³/mol. The number of para-hydroxylation sites is 1. The number of imidazole rings is 1. The Morgan fingerprint density at radius 2 is 1.92 bits per heavy atom. The van der Waals surface area contributed by atoms with Crippen LogP contribution in [0.1, 0.15) is 5.69 Å². The monoisotopic (exact) mass is 350 g/mol. The number of benzene rings is 1. The minimum atomic E-state index is -4.57. The SMILES string of the molecule is Cc1ccc2nc(F)c(S(=O)(=O)NC(=O)Oc3ccccc3)n2n1. The fourth-order valence-electron chi connectivity index (χ4n) is 1.98. The third kappa shape index (κ3) is 3.04. The van der Waals surface area contributed by atoms with Gasteiger partial charge in [-0.1, -0.05) is 18.2 Å². The minimum Gasteiger partial charge on any atom is -0.410 e. The van der Waals surface area contributed by atoms with Crippen molar-refractivity contribution in [1.82, 2.24) is 19.3 Å². The number of aryl methyl sites for hydroxylation is 1. The Morgan fingerprint density at radius 3 is 2.62 bits per heavy atom. The summed E-state index contributed by atoms with van der Waals surface area (Å²) in [6.45, 7) is 1.60. The van der Waals surface area contributed by atoms with Gasteiger partial charge in [-0.25, -0.2) is 9.52 Å². The number of nitrogens with zero attached hydrogens (tertiary/aromatic N) is 3. The Hall–Kier alpha value is -3.01. The number of nitrogens with one attached hydrogen (secondary N) is 1. The lowest BCUT2D eigenvalue weighted by atomic mass is 10.3. The van der Waals surface area contributed by atoms with Crippen molar-refractivity contribution in [1.29, 1.82) is 0 Å². The summed E-state index contributed by atoms with van der Waals surface area (Å²) < 4.78 is 45.8. The lowest BCUT2D eigenvalue weighted by molar-refractivity contribution is 0.206. The van der Waals surface area contributed by atoms with E-state index in [9.17, 15) is 17.6 Å². The third-order valence-electron chi connectivity index (χ3n) is 2.96. The Morgan fingerprint density at radius 1 is 1.21 bits per heavy atom. The fraction of sp³-hybridized carbons (Fsp3) is 0.0714. The van der Waals surface area contributed by atoms with Crippen molar-refractivity contribution in [3.63, 3.8) is 0 Å². The number of aromatic nitrogens is 3. The van der Waals surface area contributed by atoms with Gasteiger partial charge in [0.05, 0.1) is 5.69 Å². The number of rotatable bonds is 3. The number of sulfonamides is 1. The molecule has 0 bridgehead atoms. The summed E-state index contributed by atoms with van der Waals surface area (Å²) in [5, 5.41) is 3.03. The van der Waals surface area contributed by atoms with Crippen molar-refractivity contribution in [3.05, 3.63) is 54.1 Å². The van der Waals surface area contributed by atoms with E-state index in [1.807, 2.05) is 0 Å². The number of ether oxygens (including phenoxy) is 1. The van der Waals surface area contributed by atoms with Crippen LogP contribution < -0.4 is 9.46 Å². The molecule has 0 fully saturated rings. The molecule has 0 aliphatic carbocycles. The molecule has 24 heavy (non-hydrogen) atoms. The summed E-state index contributed by atoms with van der Waals surface area (Å²) >= 11 is 0. The molecule has 0 radical (unpaired) electrons. The molecule has 0 aliphatic heterocycles. The first-order valence-electron chi connectivity index (χ1n) is 6.68. The molecule has 0 saturated heterocycles. The van der Waals surface area contributed by atoms with Crippen LogP contribution >= 0.6 is 0 Å².